The van der Waals surface area contributed by atoms with Crippen molar-refractivity contribution < 1.29 is 19.0 Å². The van der Waals surface area contributed by atoms with E-state index in [9.17, 15) is 4.79 Å². The number of hydrogen-bond acceptors (Lipinski definition) is 6. The first-order valence-electron chi connectivity index (χ1n) is 8.03. The van der Waals surface area contributed by atoms with Crippen LogP contribution in [0.2, 0.25) is 0 Å². The molecule has 1 amide bonds. The van der Waals surface area contributed by atoms with Crippen LogP contribution in [0, 0.1) is 3.57 Å². The number of rotatable bonds is 7. The van der Waals surface area contributed by atoms with Crippen molar-refractivity contribution >= 4 is 51.5 Å². The van der Waals surface area contributed by atoms with Crippen LogP contribution in [-0.4, -0.2) is 31.4 Å². The second-order valence-electron chi connectivity index (χ2n) is 5.41. The molecule has 0 saturated heterocycles. The van der Waals surface area contributed by atoms with Gasteiger partial charge in [0, 0.05) is 0 Å². The minimum Gasteiger partial charge on any atom is -0.493 e. The van der Waals surface area contributed by atoms with Gasteiger partial charge in [-0.05, 0) is 70.3 Å². The zero-order chi connectivity index (χ0) is 19.2. The highest BCUT2D eigenvalue weighted by atomic mass is 127. The molecule has 0 unspecified atom stereocenters. The van der Waals surface area contributed by atoms with Crippen molar-refractivity contribution in [1.29, 1.82) is 0 Å². The molecule has 0 aromatic heterocycles. The minimum absolute atomic E-state index is 0.256. The number of carbonyl (C=O) groups is 1. The van der Waals surface area contributed by atoms with Gasteiger partial charge in [-0.1, -0.05) is 18.2 Å². The lowest BCUT2D eigenvalue weighted by Gasteiger charge is -2.14. The van der Waals surface area contributed by atoms with Gasteiger partial charge in [0.1, 0.15) is 19.0 Å². The summed E-state index contributed by atoms with van der Waals surface area (Å²) in [6.45, 7) is 0.789. The van der Waals surface area contributed by atoms with Gasteiger partial charge in [-0.2, -0.15) is 4.99 Å². The summed E-state index contributed by atoms with van der Waals surface area (Å²) in [5.41, 5.74) is 6.39. The average Bonchev–Trinajstić information content (AvgIpc) is 2.97. The predicted octanol–water partition coefficient (Wildman–Crippen LogP) is 3.69. The van der Waals surface area contributed by atoms with Crippen molar-refractivity contribution in [3.8, 4) is 17.2 Å². The Bertz CT molecular complexity index is 900. The summed E-state index contributed by atoms with van der Waals surface area (Å²) >= 11 is 3.33. The van der Waals surface area contributed by atoms with Crippen molar-refractivity contribution in [2.45, 2.75) is 0 Å². The molecule has 1 heterocycles. The molecule has 0 fully saturated rings. The van der Waals surface area contributed by atoms with Gasteiger partial charge in [0.25, 0.3) is 5.91 Å². The molecule has 0 saturated carbocycles. The van der Waals surface area contributed by atoms with Crippen LogP contribution in [0.3, 0.4) is 0 Å². The highest BCUT2D eigenvalue weighted by Gasteiger charge is 2.20. The Balaban J connectivity index is 1.67. The van der Waals surface area contributed by atoms with Crippen molar-refractivity contribution in [3.05, 3.63) is 56.5 Å². The molecule has 2 aromatic carbocycles. The molecule has 27 heavy (non-hydrogen) atoms. The van der Waals surface area contributed by atoms with E-state index < -0.39 is 0 Å². The molecule has 1 aliphatic heterocycles. The molecule has 3 rings (SSSR count). The first kappa shape index (κ1) is 19.6. The summed E-state index contributed by atoms with van der Waals surface area (Å²) in [4.78, 5) is 15.9. The summed E-state index contributed by atoms with van der Waals surface area (Å²) < 4.78 is 17.8. The Kier molecular flexibility index (Phi) is 6.62. The summed E-state index contributed by atoms with van der Waals surface area (Å²) in [5, 5.41) is 0.256. The highest BCUT2D eigenvalue weighted by molar-refractivity contribution is 14.1. The number of nitrogens with zero attached hydrogens (tertiary/aromatic N) is 1. The smallest absolute Gasteiger partial charge is 0.286 e. The van der Waals surface area contributed by atoms with Crippen molar-refractivity contribution in [1.82, 2.24) is 0 Å². The fourth-order valence-electron chi connectivity index (χ4n) is 2.36. The number of ether oxygens (including phenoxy) is 3. The molecule has 1 aliphatic rings. The van der Waals surface area contributed by atoms with E-state index in [1.807, 2.05) is 42.5 Å². The normalized spacial score (nSPS) is 15.0. The number of nitrogens with two attached hydrogens (primary N) is 1. The Morgan fingerprint density at radius 3 is 2.59 bits per heavy atom. The Labute approximate surface area is 174 Å². The summed E-state index contributed by atoms with van der Waals surface area (Å²) in [6.07, 6.45) is 1.74. The van der Waals surface area contributed by atoms with Gasteiger partial charge in [0.05, 0.1) is 15.6 Å². The number of thioether (sulfide) groups is 1. The second kappa shape index (κ2) is 9.14. The standard InChI is InChI=1S/C19H17IN2O4S/c1-24-15-10-12(11-16-18(23)22-19(21)27-16)9-14(20)17(15)26-8-7-25-13-5-3-2-4-6-13/h2-6,9-11H,7-8H2,1H3,(H2,21,22,23). The average molecular weight is 496 g/mol. The third kappa shape index (κ3) is 5.16. The van der Waals surface area contributed by atoms with Crippen molar-refractivity contribution in [3.63, 3.8) is 0 Å². The molecule has 0 bridgehead atoms. The number of methoxy groups -OCH3 is 1. The molecule has 2 aromatic rings. The number of carbonyl (C=O) groups excluding carboxylic acids is 1. The predicted molar refractivity (Wildman–Crippen MR) is 115 cm³/mol. The maximum absolute atomic E-state index is 11.8. The molecule has 8 heteroatoms. The maximum Gasteiger partial charge on any atom is 0.286 e. The highest BCUT2D eigenvalue weighted by Crippen LogP contribution is 2.36. The van der Waals surface area contributed by atoms with Gasteiger partial charge in [0.15, 0.2) is 16.7 Å². The van der Waals surface area contributed by atoms with E-state index in [-0.39, 0.29) is 11.1 Å². The summed E-state index contributed by atoms with van der Waals surface area (Å²) in [5.74, 6) is 1.69. The van der Waals surface area contributed by atoms with Gasteiger partial charge >= 0.3 is 0 Å². The van der Waals surface area contributed by atoms with Gasteiger partial charge in [0.2, 0.25) is 0 Å². The molecule has 0 radical (unpaired) electrons. The Morgan fingerprint density at radius 1 is 1.19 bits per heavy atom. The minimum atomic E-state index is -0.329. The fourth-order valence-corrected chi connectivity index (χ4v) is 3.82. The lowest BCUT2D eigenvalue weighted by molar-refractivity contribution is -0.113. The van der Waals surface area contributed by atoms with Crippen LogP contribution in [0.5, 0.6) is 17.2 Å². The monoisotopic (exact) mass is 496 g/mol. The van der Waals surface area contributed by atoms with Crippen molar-refractivity contribution in [2.75, 3.05) is 20.3 Å². The topological polar surface area (TPSA) is 83.1 Å². The summed E-state index contributed by atoms with van der Waals surface area (Å²) in [7, 11) is 1.58. The molecular formula is C19H17IN2O4S. The van der Waals surface area contributed by atoms with Crippen molar-refractivity contribution in [2.24, 2.45) is 10.7 Å². The fraction of sp³-hybridized carbons (Fsp3) is 0.158. The third-order valence-electron chi connectivity index (χ3n) is 3.53. The quantitative estimate of drug-likeness (QED) is 0.358. The molecular weight excluding hydrogens is 479 g/mol. The van der Waals surface area contributed by atoms with Gasteiger partial charge in [-0.15, -0.1) is 0 Å². The number of amidine groups is 1. The number of aliphatic imine (C=N–C) groups is 1. The molecule has 6 nitrogen and oxygen atoms in total. The van der Waals surface area contributed by atoms with Gasteiger partial charge < -0.3 is 19.9 Å². The van der Waals surface area contributed by atoms with E-state index in [0.29, 0.717) is 29.6 Å². The van der Waals surface area contributed by atoms with Crippen LogP contribution in [0.25, 0.3) is 6.08 Å². The van der Waals surface area contributed by atoms with Crippen LogP contribution in [0.1, 0.15) is 5.56 Å². The first-order chi connectivity index (χ1) is 13.1. The van der Waals surface area contributed by atoms with E-state index >= 15 is 0 Å². The number of para-hydroxylation sites is 1. The number of benzene rings is 2. The van der Waals surface area contributed by atoms with Crippen LogP contribution < -0.4 is 19.9 Å². The molecule has 0 atom stereocenters. The zero-order valence-electron chi connectivity index (χ0n) is 14.5. The van der Waals surface area contributed by atoms with Gasteiger partial charge in [-0.3, -0.25) is 4.79 Å². The lowest BCUT2D eigenvalue weighted by atomic mass is 10.2. The SMILES string of the molecule is COc1cc(C=C2SC(N)=NC2=O)cc(I)c1OCCOc1ccccc1. The largest absolute Gasteiger partial charge is 0.493 e. The molecule has 2 N–H and O–H groups in total. The van der Waals surface area contributed by atoms with Crippen LogP contribution in [0.15, 0.2) is 52.4 Å². The van der Waals surface area contributed by atoms with Crippen LogP contribution >= 0.6 is 34.4 Å². The molecule has 0 aliphatic carbocycles. The molecule has 0 spiro atoms. The van der Waals surface area contributed by atoms with Gasteiger partial charge in [-0.25, -0.2) is 0 Å². The number of halogens is 1. The zero-order valence-corrected chi connectivity index (χ0v) is 17.5. The Morgan fingerprint density at radius 2 is 1.93 bits per heavy atom. The van der Waals surface area contributed by atoms with E-state index in [0.717, 1.165) is 26.6 Å². The first-order valence-corrected chi connectivity index (χ1v) is 9.92. The van der Waals surface area contributed by atoms with E-state index in [1.165, 1.54) is 0 Å². The second-order valence-corrected chi connectivity index (χ2v) is 7.63. The lowest BCUT2D eigenvalue weighted by Crippen LogP contribution is -2.10. The van der Waals surface area contributed by atoms with Crippen LogP contribution in [0.4, 0.5) is 0 Å². The van der Waals surface area contributed by atoms with E-state index in [1.54, 1.807) is 13.2 Å². The van der Waals surface area contributed by atoms with E-state index in [2.05, 4.69) is 27.6 Å². The number of amides is 1. The van der Waals surface area contributed by atoms with E-state index in [4.69, 9.17) is 19.9 Å². The third-order valence-corrected chi connectivity index (χ3v) is 5.14. The summed E-state index contributed by atoms with van der Waals surface area (Å²) in [6, 6.07) is 13.3. The Hall–Kier alpha value is -2.20. The maximum atomic E-state index is 11.8. The molecule has 140 valence electrons. The van der Waals surface area contributed by atoms with Crippen LogP contribution in [-0.2, 0) is 4.79 Å². The number of hydrogen-bond donors (Lipinski definition) is 1.